The third-order valence-electron chi connectivity index (χ3n) is 6.16. The number of aryl methyl sites for hydroxylation is 1. The standard InChI is InChI=1S/C28H29N5O/c1-29-25-11-7-21-18-22(6-10-24(21)25)27-26(19-12-14-30-15-13-19)31-28(32-27)20-4-8-23(9-5-20)34-17-16-33(2)3/h4-6,8-10,12-15,18,30H,1,7,11,16-17H2,2-3H3,(H,31,32)/b27-22+. The summed E-state index contributed by atoms with van der Waals surface area (Å²) in [6, 6.07) is 14.6. The van der Waals surface area contributed by atoms with E-state index >= 15 is 0 Å². The first kappa shape index (κ1) is 21.9. The van der Waals surface area contributed by atoms with Crippen LogP contribution in [-0.2, 0) is 6.42 Å². The van der Waals surface area contributed by atoms with E-state index in [1.54, 1.807) is 0 Å². The quantitative estimate of drug-likeness (QED) is 0.566. The summed E-state index contributed by atoms with van der Waals surface area (Å²) in [4.78, 5) is 14.9. The van der Waals surface area contributed by atoms with Crippen molar-refractivity contribution in [3.63, 3.8) is 0 Å². The molecule has 0 atom stereocenters. The van der Waals surface area contributed by atoms with Crippen LogP contribution in [0.15, 0.2) is 72.0 Å². The minimum absolute atomic E-state index is 0.658. The number of hydrogen-bond donors (Lipinski definition) is 2. The number of hydrogen-bond acceptors (Lipinski definition) is 5. The smallest absolute Gasteiger partial charge is 0.138 e. The van der Waals surface area contributed by atoms with Gasteiger partial charge in [-0.25, -0.2) is 4.98 Å². The van der Waals surface area contributed by atoms with Gasteiger partial charge in [0, 0.05) is 41.0 Å². The number of ether oxygens (including phenoxy) is 1. The van der Waals surface area contributed by atoms with Crippen molar-refractivity contribution >= 4 is 18.0 Å². The molecule has 172 valence electrons. The van der Waals surface area contributed by atoms with Gasteiger partial charge in [0.15, 0.2) is 0 Å². The SMILES string of the molecule is C=NC1=c2cc/c(=c3\nc(-c4ccc(OCCN(C)C)cc4)[nH]c3=C3C=CNC=C3)cc2CC1. The van der Waals surface area contributed by atoms with Crippen LogP contribution >= 0.6 is 0 Å². The highest BCUT2D eigenvalue weighted by Gasteiger charge is 2.11. The Bertz CT molecular complexity index is 1480. The van der Waals surface area contributed by atoms with Crippen LogP contribution < -0.4 is 20.6 Å². The number of fused-ring (bicyclic) bond motifs is 1. The lowest BCUT2D eigenvalue weighted by molar-refractivity contribution is 0.261. The van der Waals surface area contributed by atoms with Gasteiger partial charge >= 0.3 is 0 Å². The van der Waals surface area contributed by atoms with Gasteiger partial charge < -0.3 is 19.9 Å². The largest absolute Gasteiger partial charge is 0.492 e. The molecule has 0 spiro atoms. The average molecular weight is 452 g/mol. The van der Waals surface area contributed by atoms with Crippen LogP contribution in [0.1, 0.15) is 12.0 Å². The van der Waals surface area contributed by atoms with E-state index in [0.29, 0.717) is 6.61 Å². The highest BCUT2D eigenvalue weighted by Crippen LogP contribution is 2.20. The van der Waals surface area contributed by atoms with E-state index in [2.05, 4.69) is 69.4 Å². The first-order valence-corrected chi connectivity index (χ1v) is 11.5. The summed E-state index contributed by atoms with van der Waals surface area (Å²) in [5, 5.41) is 7.34. The molecule has 5 rings (SSSR count). The van der Waals surface area contributed by atoms with Crippen molar-refractivity contribution in [1.29, 1.82) is 0 Å². The highest BCUT2D eigenvalue weighted by atomic mass is 16.5. The van der Waals surface area contributed by atoms with Gasteiger partial charge in [-0.2, -0.15) is 0 Å². The molecule has 2 N–H and O–H groups in total. The minimum atomic E-state index is 0.658. The second-order valence-corrected chi connectivity index (χ2v) is 8.75. The molecule has 1 aromatic heterocycles. The Kier molecular flexibility index (Phi) is 6.14. The number of allylic oxidation sites excluding steroid dienone is 2. The van der Waals surface area contributed by atoms with Crippen LogP contribution in [0.3, 0.4) is 0 Å². The number of nitrogens with zero attached hydrogens (tertiary/aromatic N) is 3. The molecular weight excluding hydrogens is 422 g/mol. The fraction of sp³-hybridized carbons (Fsp3) is 0.214. The van der Waals surface area contributed by atoms with E-state index in [1.165, 1.54) is 10.8 Å². The maximum atomic E-state index is 5.85. The molecule has 2 heterocycles. The zero-order valence-corrected chi connectivity index (χ0v) is 19.6. The summed E-state index contributed by atoms with van der Waals surface area (Å²) < 4.78 is 5.85. The predicted octanol–water partition coefficient (Wildman–Crippen LogP) is 2.84. The third-order valence-corrected chi connectivity index (χ3v) is 6.16. The molecule has 0 unspecified atom stereocenters. The fourth-order valence-corrected chi connectivity index (χ4v) is 4.32. The number of benzene rings is 2. The number of dihydropyridines is 1. The van der Waals surface area contributed by atoms with Crippen LogP contribution in [0, 0.1) is 10.6 Å². The first-order chi connectivity index (χ1) is 16.6. The number of imidazole rings is 1. The molecule has 0 bridgehead atoms. The van der Waals surface area contributed by atoms with Crippen LogP contribution in [0.4, 0.5) is 0 Å². The molecule has 1 aliphatic carbocycles. The van der Waals surface area contributed by atoms with Crippen LogP contribution in [0.5, 0.6) is 5.75 Å². The van der Waals surface area contributed by atoms with Gasteiger partial charge in [-0.05, 0) is 86.9 Å². The van der Waals surface area contributed by atoms with Crippen molar-refractivity contribution in [2.75, 3.05) is 27.2 Å². The van der Waals surface area contributed by atoms with E-state index < -0.39 is 0 Å². The van der Waals surface area contributed by atoms with Crippen LogP contribution in [0.2, 0.25) is 0 Å². The molecule has 3 aromatic rings. The highest BCUT2D eigenvalue weighted by molar-refractivity contribution is 5.68. The van der Waals surface area contributed by atoms with Crippen molar-refractivity contribution < 1.29 is 4.74 Å². The molecule has 0 amide bonds. The molecule has 6 nitrogen and oxygen atoms in total. The van der Waals surface area contributed by atoms with Crippen molar-refractivity contribution in [3.8, 4) is 17.1 Å². The van der Waals surface area contributed by atoms with Gasteiger partial charge in [0.1, 0.15) is 18.2 Å². The summed E-state index contributed by atoms with van der Waals surface area (Å²) >= 11 is 0. The summed E-state index contributed by atoms with van der Waals surface area (Å²) in [6.45, 7) is 5.26. The zero-order chi connectivity index (χ0) is 23.5. The lowest BCUT2D eigenvalue weighted by atomic mass is 10.1. The average Bonchev–Trinajstić information content (AvgIpc) is 3.49. The van der Waals surface area contributed by atoms with Gasteiger partial charge in [0.2, 0.25) is 0 Å². The second kappa shape index (κ2) is 9.53. The van der Waals surface area contributed by atoms with E-state index in [9.17, 15) is 0 Å². The van der Waals surface area contributed by atoms with Gasteiger partial charge in [-0.1, -0.05) is 12.1 Å². The Labute approximate surface area is 199 Å². The van der Waals surface area contributed by atoms with Crippen molar-refractivity contribution in [2.45, 2.75) is 12.8 Å². The lowest BCUT2D eigenvalue weighted by Crippen LogP contribution is -2.19. The maximum Gasteiger partial charge on any atom is 0.138 e. The Morgan fingerprint density at radius 2 is 1.85 bits per heavy atom. The Morgan fingerprint density at radius 3 is 2.59 bits per heavy atom. The monoisotopic (exact) mass is 451 g/mol. The van der Waals surface area contributed by atoms with Crippen molar-refractivity contribution in [1.82, 2.24) is 20.2 Å². The van der Waals surface area contributed by atoms with E-state index in [-0.39, 0.29) is 0 Å². The van der Waals surface area contributed by atoms with Gasteiger partial charge in [0.25, 0.3) is 0 Å². The Morgan fingerprint density at radius 1 is 1.06 bits per heavy atom. The molecule has 0 saturated heterocycles. The number of H-pyrrole nitrogens is 1. The van der Waals surface area contributed by atoms with Crippen LogP contribution in [-0.4, -0.2) is 48.8 Å². The summed E-state index contributed by atoms with van der Waals surface area (Å²) in [5.41, 5.74) is 4.48. The van der Waals surface area contributed by atoms with E-state index in [1.807, 2.05) is 38.6 Å². The number of rotatable bonds is 6. The van der Waals surface area contributed by atoms with Crippen molar-refractivity contribution in [2.24, 2.45) is 4.99 Å². The molecule has 0 fully saturated rings. The van der Waals surface area contributed by atoms with Crippen molar-refractivity contribution in [3.05, 3.63) is 93.7 Å². The molecule has 2 aromatic carbocycles. The normalized spacial score (nSPS) is 15.5. The van der Waals surface area contributed by atoms with Gasteiger partial charge in [-0.15, -0.1) is 0 Å². The number of likely N-dealkylation sites (N-methyl/N-ethyl adjacent to an activating group) is 1. The Balaban J connectivity index is 1.62. The lowest BCUT2D eigenvalue weighted by Gasteiger charge is -2.11. The second-order valence-electron chi connectivity index (χ2n) is 8.75. The topological polar surface area (TPSA) is 65.5 Å². The molecule has 6 heteroatoms. The number of aromatic amines is 1. The fourth-order valence-electron chi connectivity index (χ4n) is 4.32. The molecule has 0 saturated carbocycles. The number of aliphatic imine (C=N–C) groups is 1. The minimum Gasteiger partial charge on any atom is -0.492 e. The molecule has 0 radical (unpaired) electrons. The van der Waals surface area contributed by atoms with E-state index in [0.717, 1.165) is 63.7 Å². The number of aromatic nitrogens is 2. The first-order valence-electron chi connectivity index (χ1n) is 11.5. The summed E-state index contributed by atoms with van der Waals surface area (Å²) in [6.07, 6.45) is 9.91. The summed E-state index contributed by atoms with van der Waals surface area (Å²) in [5.74, 6) is 1.69. The maximum absolute atomic E-state index is 5.85. The van der Waals surface area contributed by atoms with E-state index in [4.69, 9.17) is 9.72 Å². The van der Waals surface area contributed by atoms with Gasteiger partial charge in [0.05, 0.1) is 10.7 Å². The third kappa shape index (κ3) is 4.45. The van der Waals surface area contributed by atoms with Gasteiger partial charge in [-0.3, -0.25) is 4.99 Å². The summed E-state index contributed by atoms with van der Waals surface area (Å²) in [7, 11) is 4.08. The Hall–Kier alpha value is -3.90. The molecule has 1 aliphatic heterocycles. The molecule has 2 aliphatic rings. The predicted molar refractivity (Wildman–Crippen MR) is 138 cm³/mol. The molecule has 34 heavy (non-hydrogen) atoms. The van der Waals surface area contributed by atoms with Crippen LogP contribution in [0.25, 0.3) is 22.7 Å². The zero-order valence-electron chi connectivity index (χ0n) is 19.6. The molecular formula is C28H29N5O. The number of nitrogens with one attached hydrogen (secondary N) is 2.